The molecular formula is C21H19F3N2O4S. The highest BCUT2D eigenvalue weighted by molar-refractivity contribution is 7.90. The second kappa shape index (κ2) is 7.84. The van der Waals surface area contributed by atoms with Gasteiger partial charge in [-0.25, -0.2) is 13.1 Å². The third-order valence-corrected chi connectivity index (χ3v) is 6.07. The first-order valence-corrected chi connectivity index (χ1v) is 11.1. The van der Waals surface area contributed by atoms with Gasteiger partial charge in [0.1, 0.15) is 5.56 Å². The summed E-state index contributed by atoms with van der Waals surface area (Å²) in [6.07, 6.45) is -2.35. The number of nitrogens with zero attached hydrogens (tertiary/aromatic N) is 2. The number of hydrogen-bond donors (Lipinski definition) is 1. The molecule has 0 aliphatic heterocycles. The fourth-order valence-corrected chi connectivity index (χ4v) is 4.30. The number of ketones is 1. The van der Waals surface area contributed by atoms with Crippen LogP contribution < -0.4 is 0 Å². The summed E-state index contributed by atoms with van der Waals surface area (Å²) in [6, 6.07) is 6.61. The molecule has 0 atom stereocenters. The van der Waals surface area contributed by atoms with E-state index in [1.807, 2.05) is 0 Å². The number of aromatic hydroxyl groups is 1. The minimum Gasteiger partial charge on any atom is -0.493 e. The summed E-state index contributed by atoms with van der Waals surface area (Å²) in [5, 5.41) is 14.1. The van der Waals surface area contributed by atoms with Gasteiger partial charge in [0, 0.05) is 23.9 Å². The fraction of sp³-hybridized carbons (Fsp3) is 0.238. The van der Waals surface area contributed by atoms with Crippen molar-refractivity contribution in [1.82, 2.24) is 9.78 Å². The molecule has 0 radical (unpaired) electrons. The van der Waals surface area contributed by atoms with Crippen LogP contribution in [-0.2, 0) is 22.6 Å². The summed E-state index contributed by atoms with van der Waals surface area (Å²) in [5.41, 5.74) is -0.225. The zero-order valence-corrected chi connectivity index (χ0v) is 17.7. The van der Waals surface area contributed by atoms with E-state index in [-0.39, 0.29) is 38.6 Å². The summed E-state index contributed by atoms with van der Waals surface area (Å²) < 4.78 is 64.7. The molecule has 6 nitrogen and oxygen atoms in total. The SMILES string of the molecule is CCn1ncc(C(=O)c2ccc(S(C)(=O)=O)c(-c3ccc(C(F)(F)F)cc3)c2C)c1O. The van der Waals surface area contributed by atoms with Crippen LogP contribution >= 0.6 is 0 Å². The highest BCUT2D eigenvalue weighted by Gasteiger charge is 2.31. The predicted molar refractivity (Wildman–Crippen MR) is 108 cm³/mol. The normalized spacial score (nSPS) is 12.2. The first kappa shape index (κ1) is 22.5. The second-order valence-corrected chi connectivity index (χ2v) is 8.97. The average Bonchev–Trinajstić information content (AvgIpc) is 3.06. The van der Waals surface area contributed by atoms with Crippen molar-refractivity contribution in [1.29, 1.82) is 0 Å². The number of sulfone groups is 1. The van der Waals surface area contributed by atoms with Gasteiger partial charge in [0.15, 0.2) is 15.6 Å². The third kappa shape index (κ3) is 4.20. The van der Waals surface area contributed by atoms with Crippen LogP contribution in [0.2, 0.25) is 0 Å². The Labute approximate surface area is 176 Å². The van der Waals surface area contributed by atoms with Gasteiger partial charge in [0.05, 0.1) is 16.7 Å². The second-order valence-electron chi connectivity index (χ2n) is 6.99. The smallest absolute Gasteiger partial charge is 0.416 e. The van der Waals surface area contributed by atoms with Crippen LogP contribution in [0.15, 0.2) is 47.5 Å². The molecule has 0 unspecified atom stereocenters. The lowest BCUT2D eigenvalue weighted by atomic mass is 9.92. The molecule has 164 valence electrons. The van der Waals surface area contributed by atoms with E-state index >= 15 is 0 Å². The highest BCUT2D eigenvalue weighted by Crippen LogP contribution is 2.36. The molecule has 2 aromatic carbocycles. The van der Waals surface area contributed by atoms with Crippen molar-refractivity contribution in [2.75, 3.05) is 6.26 Å². The Balaban J connectivity index is 2.22. The van der Waals surface area contributed by atoms with E-state index in [1.165, 1.54) is 42.1 Å². The number of carbonyl (C=O) groups is 1. The number of alkyl halides is 3. The molecule has 3 rings (SSSR count). The van der Waals surface area contributed by atoms with Gasteiger partial charge in [-0.3, -0.25) is 4.79 Å². The van der Waals surface area contributed by atoms with Crippen LogP contribution in [0.1, 0.15) is 34.0 Å². The molecule has 1 aromatic heterocycles. The lowest BCUT2D eigenvalue weighted by molar-refractivity contribution is -0.137. The zero-order chi connectivity index (χ0) is 23.1. The number of hydrogen-bond acceptors (Lipinski definition) is 5. The molecule has 0 fully saturated rings. The van der Waals surface area contributed by atoms with Crippen LogP contribution in [0.4, 0.5) is 13.2 Å². The Hall–Kier alpha value is -3.14. The molecule has 0 aliphatic rings. The Morgan fingerprint density at radius 3 is 2.19 bits per heavy atom. The monoisotopic (exact) mass is 452 g/mol. The van der Waals surface area contributed by atoms with Gasteiger partial charge < -0.3 is 5.11 Å². The van der Waals surface area contributed by atoms with E-state index in [0.29, 0.717) is 6.54 Å². The van der Waals surface area contributed by atoms with Crippen molar-refractivity contribution in [2.45, 2.75) is 31.5 Å². The Morgan fingerprint density at radius 1 is 1.10 bits per heavy atom. The topological polar surface area (TPSA) is 89.3 Å². The van der Waals surface area contributed by atoms with Crippen molar-refractivity contribution in [2.24, 2.45) is 0 Å². The predicted octanol–water partition coefficient (Wildman–Crippen LogP) is 4.24. The van der Waals surface area contributed by atoms with Crippen LogP contribution in [0.25, 0.3) is 11.1 Å². The quantitative estimate of drug-likeness (QED) is 0.585. The Bertz CT molecular complexity index is 1260. The van der Waals surface area contributed by atoms with Crippen molar-refractivity contribution in [3.8, 4) is 17.0 Å². The molecule has 0 saturated carbocycles. The van der Waals surface area contributed by atoms with Gasteiger partial charge in [-0.05, 0) is 49.2 Å². The van der Waals surface area contributed by atoms with E-state index in [2.05, 4.69) is 5.10 Å². The van der Waals surface area contributed by atoms with Crippen molar-refractivity contribution in [3.63, 3.8) is 0 Å². The first-order chi connectivity index (χ1) is 14.4. The van der Waals surface area contributed by atoms with Crippen molar-refractivity contribution < 1.29 is 31.5 Å². The standard InChI is InChI=1S/C21H19F3N2O4S/c1-4-26-20(28)16(11-25-26)19(27)15-9-10-17(31(3,29)30)18(12(15)2)13-5-7-14(8-6-13)21(22,23)24/h5-11,28H,4H2,1-3H3. The van der Waals surface area contributed by atoms with E-state index < -0.39 is 27.4 Å². The van der Waals surface area contributed by atoms with Crippen LogP contribution in [-0.4, -0.2) is 35.3 Å². The van der Waals surface area contributed by atoms with Gasteiger partial charge in [-0.15, -0.1) is 0 Å². The third-order valence-electron chi connectivity index (χ3n) is 4.93. The summed E-state index contributed by atoms with van der Waals surface area (Å²) in [7, 11) is -3.76. The van der Waals surface area contributed by atoms with Crippen molar-refractivity contribution in [3.05, 3.63) is 64.8 Å². The molecule has 31 heavy (non-hydrogen) atoms. The molecule has 0 bridgehead atoms. The fourth-order valence-electron chi connectivity index (χ4n) is 3.34. The zero-order valence-electron chi connectivity index (χ0n) is 16.9. The molecule has 0 saturated heterocycles. The van der Waals surface area contributed by atoms with Crippen LogP contribution in [0, 0.1) is 6.92 Å². The molecule has 0 aliphatic carbocycles. The number of halogens is 3. The molecule has 0 amide bonds. The van der Waals surface area contributed by atoms with Crippen LogP contribution in [0.5, 0.6) is 5.88 Å². The Morgan fingerprint density at radius 2 is 1.71 bits per heavy atom. The van der Waals surface area contributed by atoms with Gasteiger partial charge in [0.2, 0.25) is 5.88 Å². The van der Waals surface area contributed by atoms with Gasteiger partial charge in [-0.2, -0.15) is 18.3 Å². The summed E-state index contributed by atoms with van der Waals surface area (Å²) in [5.74, 6) is -0.905. The van der Waals surface area contributed by atoms with E-state index in [0.717, 1.165) is 18.4 Å². The summed E-state index contributed by atoms with van der Waals surface area (Å²) in [6.45, 7) is 3.58. The first-order valence-electron chi connectivity index (χ1n) is 9.17. The largest absolute Gasteiger partial charge is 0.493 e. The summed E-state index contributed by atoms with van der Waals surface area (Å²) >= 11 is 0. The number of rotatable bonds is 5. The van der Waals surface area contributed by atoms with Gasteiger partial charge in [-0.1, -0.05) is 12.1 Å². The number of carbonyl (C=O) groups excluding carboxylic acids is 1. The number of benzene rings is 2. The minimum atomic E-state index is -4.54. The molecule has 3 aromatic rings. The van der Waals surface area contributed by atoms with E-state index in [4.69, 9.17) is 0 Å². The van der Waals surface area contributed by atoms with E-state index in [1.54, 1.807) is 6.92 Å². The van der Waals surface area contributed by atoms with Gasteiger partial charge in [0.25, 0.3) is 0 Å². The molecule has 10 heteroatoms. The number of aromatic nitrogens is 2. The average molecular weight is 452 g/mol. The summed E-state index contributed by atoms with van der Waals surface area (Å²) in [4.78, 5) is 12.9. The maximum atomic E-state index is 13.0. The van der Waals surface area contributed by atoms with E-state index in [9.17, 15) is 31.5 Å². The molecule has 0 spiro atoms. The molecule has 1 N–H and O–H groups in total. The van der Waals surface area contributed by atoms with Crippen molar-refractivity contribution >= 4 is 15.6 Å². The maximum Gasteiger partial charge on any atom is 0.416 e. The maximum absolute atomic E-state index is 13.0. The lowest BCUT2D eigenvalue weighted by Gasteiger charge is -2.16. The number of aryl methyl sites for hydroxylation is 1. The molecular weight excluding hydrogens is 433 g/mol. The van der Waals surface area contributed by atoms with Crippen LogP contribution in [0.3, 0.4) is 0 Å². The minimum absolute atomic E-state index is 0.0598. The van der Waals surface area contributed by atoms with Gasteiger partial charge >= 0.3 is 6.18 Å². The Kier molecular flexibility index (Phi) is 5.70. The lowest BCUT2D eigenvalue weighted by Crippen LogP contribution is -2.09. The molecule has 1 heterocycles. The highest BCUT2D eigenvalue weighted by atomic mass is 32.2.